The third-order valence-corrected chi connectivity index (χ3v) is 7.54. The van der Waals surface area contributed by atoms with Crippen LogP contribution in [0.15, 0.2) is 11.2 Å². The maximum atomic E-state index is 4.52. The fourth-order valence-electron chi connectivity index (χ4n) is 4.39. The van der Waals surface area contributed by atoms with Crippen LogP contribution in [0.4, 0.5) is 0 Å². The number of aliphatic imine (C=N–C) groups is 1. The maximum Gasteiger partial charge on any atom is 0.191 e. The molecule has 29 heavy (non-hydrogen) atoms. The molecule has 0 bridgehead atoms. The van der Waals surface area contributed by atoms with Crippen molar-refractivity contribution in [1.29, 1.82) is 0 Å². The summed E-state index contributed by atoms with van der Waals surface area (Å²) in [6.07, 6.45) is 10.6. The largest absolute Gasteiger partial charge is 0.356 e. The number of likely N-dealkylation sites (tertiary alicyclic amines) is 2. The molecule has 0 amide bonds. The van der Waals surface area contributed by atoms with E-state index < -0.39 is 0 Å². The van der Waals surface area contributed by atoms with Gasteiger partial charge in [0.15, 0.2) is 5.96 Å². The van der Waals surface area contributed by atoms with Crippen LogP contribution >= 0.6 is 35.3 Å². The predicted molar refractivity (Wildman–Crippen MR) is 135 cm³/mol. The summed E-state index contributed by atoms with van der Waals surface area (Å²) < 4.78 is 0. The van der Waals surface area contributed by atoms with Gasteiger partial charge in [-0.25, -0.2) is 4.98 Å². The third kappa shape index (κ3) is 7.04. The molecule has 2 aliphatic rings. The molecule has 2 N–H and O–H groups in total. The first kappa shape index (κ1) is 24.8. The van der Waals surface area contributed by atoms with Crippen LogP contribution in [0.2, 0.25) is 0 Å². The van der Waals surface area contributed by atoms with Gasteiger partial charge in [0, 0.05) is 43.2 Å². The van der Waals surface area contributed by atoms with Crippen molar-refractivity contribution in [3.8, 4) is 0 Å². The quantitative estimate of drug-likeness (QED) is 0.320. The highest BCUT2D eigenvalue weighted by Crippen LogP contribution is 2.30. The van der Waals surface area contributed by atoms with Crippen LogP contribution in [-0.2, 0) is 12.8 Å². The van der Waals surface area contributed by atoms with E-state index in [2.05, 4.69) is 44.4 Å². The molecule has 2 fully saturated rings. The second-order valence-corrected chi connectivity index (χ2v) is 9.45. The van der Waals surface area contributed by atoms with Crippen LogP contribution in [0.1, 0.15) is 48.9 Å². The molecule has 2 aliphatic heterocycles. The van der Waals surface area contributed by atoms with Gasteiger partial charge in [-0.05, 0) is 65.3 Å². The van der Waals surface area contributed by atoms with E-state index in [9.17, 15) is 0 Å². The molecule has 2 saturated heterocycles. The van der Waals surface area contributed by atoms with Crippen LogP contribution < -0.4 is 10.6 Å². The Morgan fingerprint density at radius 3 is 2.52 bits per heavy atom. The summed E-state index contributed by atoms with van der Waals surface area (Å²) in [6, 6.07) is 0. The van der Waals surface area contributed by atoms with Crippen molar-refractivity contribution in [3.63, 3.8) is 0 Å². The molecule has 8 heteroatoms. The normalized spacial score (nSPS) is 20.9. The van der Waals surface area contributed by atoms with Gasteiger partial charge >= 0.3 is 0 Å². The summed E-state index contributed by atoms with van der Waals surface area (Å²) in [5, 5.41) is 8.36. The van der Waals surface area contributed by atoms with Crippen molar-refractivity contribution in [3.05, 3.63) is 16.1 Å². The van der Waals surface area contributed by atoms with Crippen LogP contribution in [0, 0.1) is 0 Å². The number of nitrogens with zero attached hydrogens (tertiary/aromatic N) is 4. The zero-order valence-corrected chi connectivity index (χ0v) is 21.5. The topological polar surface area (TPSA) is 55.8 Å². The number of halogens is 1. The Morgan fingerprint density at radius 2 is 1.90 bits per heavy atom. The second-order valence-electron chi connectivity index (χ2n) is 8.25. The minimum absolute atomic E-state index is 0. The number of thiazole rings is 1. The first-order valence-corrected chi connectivity index (χ1v) is 11.8. The lowest BCUT2D eigenvalue weighted by Gasteiger charge is -2.50. The highest BCUT2D eigenvalue weighted by Gasteiger charge is 2.39. The molecule has 0 aliphatic carbocycles. The number of nitrogens with one attached hydrogen (secondary N) is 2. The number of rotatable bonds is 7. The van der Waals surface area contributed by atoms with Crippen molar-refractivity contribution < 1.29 is 0 Å². The molecule has 3 rings (SSSR count). The van der Waals surface area contributed by atoms with Gasteiger partial charge in [-0.15, -0.1) is 35.3 Å². The van der Waals surface area contributed by atoms with E-state index in [1.54, 1.807) is 0 Å². The Kier molecular flexibility index (Phi) is 10.6. The third-order valence-electron chi connectivity index (χ3n) is 6.33. The molecule has 0 unspecified atom stereocenters. The van der Waals surface area contributed by atoms with Crippen molar-refractivity contribution in [2.75, 3.05) is 53.4 Å². The number of hydrogen-bond acceptors (Lipinski definition) is 5. The Balaban J connectivity index is 0.00000300. The molecular formula is C21H39IN6S. The van der Waals surface area contributed by atoms with Gasteiger partial charge in [0.05, 0.1) is 5.01 Å². The molecule has 0 spiro atoms. The summed E-state index contributed by atoms with van der Waals surface area (Å²) in [6.45, 7) is 8.92. The Labute approximate surface area is 198 Å². The number of hydrogen-bond donors (Lipinski definition) is 2. The minimum Gasteiger partial charge on any atom is -0.356 e. The molecule has 3 heterocycles. The molecule has 1 aromatic heterocycles. The van der Waals surface area contributed by atoms with Crippen molar-refractivity contribution in [2.24, 2.45) is 4.99 Å². The van der Waals surface area contributed by atoms with Crippen LogP contribution in [0.25, 0.3) is 0 Å². The maximum absolute atomic E-state index is 4.52. The Hall–Kier alpha value is -0.450. The number of piperidine rings is 2. The highest BCUT2D eigenvalue weighted by atomic mass is 127. The molecular weight excluding hydrogens is 495 g/mol. The Bertz CT molecular complexity index is 620. The smallest absolute Gasteiger partial charge is 0.191 e. The van der Waals surface area contributed by atoms with Crippen LogP contribution in [0.3, 0.4) is 0 Å². The van der Waals surface area contributed by atoms with E-state index in [1.807, 2.05) is 24.6 Å². The zero-order chi connectivity index (χ0) is 19.8. The standard InChI is InChI=1S/C21H38N6S.HI/c1-4-18-16-24-19(28-18)8-11-23-20(22-2)25-17-21(9-14-26(3)15-10-21)27-12-6-5-7-13-27;/h16H,4-15,17H2,1-3H3,(H2,22,23,25);1H. The summed E-state index contributed by atoms with van der Waals surface area (Å²) in [5.41, 5.74) is 0.274. The molecule has 166 valence electrons. The summed E-state index contributed by atoms with van der Waals surface area (Å²) >= 11 is 1.82. The molecule has 1 aromatic rings. The number of aromatic nitrogens is 1. The fraction of sp³-hybridized carbons (Fsp3) is 0.810. The zero-order valence-electron chi connectivity index (χ0n) is 18.4. The van der Waals surface area contributed by atoms with Gasteiger partial charge in [-0.2, -0.15) is 0 Å². The van der Waals surface area contributed by atoms with E-state index in [0.29, 0.717) is 0 Å². The van der Waals surface area contributed by atoms with E-state index >= 15 is 0 Å². The van der Waals surface area contributed by atoms with Gasteiger partial charge in [0.2, 0.25) is 0 Å². The van der Waals surface area contributed by atoms with Gasteiger partial charge < -0.3 is 15.5 Å². The van der Waals surface area contributed by atoms with Crippen LogP contribution in [-0.4, -0.2) is 79.6 Å². The van der Waals surface area contributed by atoms with E-state index in [1.165, 1.54) is 68.2 Å². The molecule has 0 radical (unpaired) electrons. The predicted octanol–water partition coefficient (Wildman–Crippen LogP) is 2.98. The average Bonchev–Trinajstić information content (AvgIpc) is 3.20. The minimum atomic E-state index is 0. The van der Waals surface area contributed by atoms with E-state index in [4.69, 9.17) is 0 Å². The SMILES string of the molecule is CCc1cnc(CCNC(=NC)NCC2(N3CCCCC3)CCN(C)CC2)s1.I. The molecule has 6 nitrogen and oxygen atoms in total. The molecule has 0 saturated carbocycles. The van der Waals surface area contributed by atoms with Gasteiger partial charge in [-0.1, -0.05) is 13.3 Å². The fourth-order valence-corrected chi connectivity index (χ4v) is 5.25. The van der Waals surface area contributed by atoms with Gasteiger partial charge in [0.1, 0.15) is 0 Å². The van der Waals surface area contributed by atoms with Gasteiger partial charge in [-0.3, -0.25) is 9.89 Å². The lowest BCUT2D eigenvalue weighted by Crippen LogP contribution is -2.62. The lowest BCUT2D eigenvalue weighted by molar-refractivity contribution is 0.0173. The van der Waals surface area contributed by atoms with Gasteiger partial charge in [0.25, 0.3) is 0 Å². The van der Waals surface area contributed by atoms with Crippen molar-refractivity contribution in [1.82, 2.24) is 25.4 Å². The molecule has 0 atom stereocenters. The Morgan fingerprint density at radius 1 is 1.17 bits per heavy atom. The van der Waals surface area contributed by atoms with Crippen molar-refractivity contribution in [2.45, 2.75) is 57.4 Å². The average molecular weight is 535 g/mol. The van der Waals surface area contributed by atoms with Crippen LogP contribution in [0.5, 0.6) is 0 Å². The summed E-state index contributed by atoms with van der Waals surface area (Å²) in [7, 11) is 4.12. The second kappa shape index (κ2) is 12.4. The monoisotopic (exact) mass is 534 g/mol. The van der Waals surface area contributed by atoms with E-state index in [-0.39, 0.29) is 29.5 Å². The summed E-state index contributed by atoms with van der Waals surface area (Å²) in [4.78, 5) is 15.6. The lowest BCUT2D eigenvalue weighted by atomic mass is 9.84. The van der Waals surface area contributed by atoms with E-state index in [0.717, 1.165) is 31.9 Å². The van der Waals surface area contributed by atoms with Crippen molar-refractivity contribution >= 4 is 41.3 Å². The number of aryl methyl sites for hydroxylation is 1. The first-order valence-electron chi connectivity index (χ1n) is 11.0. The first-order chi connectivity index (χ1) is 13.6. The highest BCUT2D eigenvalue weighted by molar-refractivity contribution is 14.0. The summed E-state index contributed by atoms with van der Waals surface area (Å²) in [5.74, 6) is 0.919. The molecule has 0 aromatic carbocycles. The number of guanidine groups is 1.